The Morgan fingerprint density at radius 1 is 1.35 bits per heavy atom. The zero-order valence-corrected chi connectivity index (χ0v) is 12.5. The molecule has 0 bridgehead atoms. The Kier molecular flexibility index (Phi) is 6.45. The first-order valence-electron chi connectivity index (χ1n) is 6.16. The molecule has 0 saturated carbocycles. The molecule has 1 N–H and O–H groups in total. The van der Waals surface area contributed by atoms with Gasteiger partial charge in [0.15, 0.2) is 6.61 Å². The van der Waals surface area contributed by atoms with E-state index in [1.54, 1.807) is 6.07 Å². The summed E-state index contributed by atoms with van der Waals surface area (Å²) in [7, 11) is -0.152. The first kappa shape index (κ1) is 16.4. The van der Waals surface area contributed by atoms with Gasteiger partial charge in [-0.3, -0.25) is 0 Å². The van der Waals surface area contributed by atoms with Crippen molar-refractivity contribution in [3.8, 4) is 11.8 Å². The molecule has 0 heterocycles. The summed E-state index contributed by atoms with van der Waals surface area (Å²) >= 11 is 0. The third kappa shape index (κ3) is 5.17. The van der Waals surface area contributed by atoms with Crippen LogP contribution in [0, 0.1) is 11.3 Å². The molecule has 7 heteroatoms. The van der Waals surface area contributed by atoms with Crippen LogP contribution in [0.4, 0.5) is 0 Å². The first-order chi connectivity index (χ1) is 9.47. The van der Waals surface area contributed by atoms with Gasteiger partial charge >= 0.3 is 0 Å². The summed E-state index contributed by atoms with van der Waals surface area (Å²) in [5.74, 6) is 0.679. The quantitative estimate of drug-likeness (QED) is 0.709. The van der Waals surface area contributed by atoms with E-state index in [2.05, 4.69) is 5.32 Å². The van der Waals surface area contributed by atoms with Crippen LogP contribution in [0.5, 0.6) is 5.75 Å². The van der Waals surface area contributed by atoms with Crippen molar-refractivity contribution in [3.05, 3.63) is 29.8 Å². The number of nitrogens with zero attached hydrogens (tertiary/aromatic N) is 2. The summed E-state index contributed by atoms with van der Waals surface area (Å²) in [5, 5.41) is 11.6. The van der Waals surface area contributed by atoms with E-state index in [4.69, 9.17) is 10.00 Å². The molecular formula is C13H19N3O3S. The van der Waals surface area contributed by atoms with E-state index in [1.807, 2.05) is 24.3 Å². The Morgan fingerprint density at radius 2 is 2.05 bits per heavy atom. The van der Waals surface area contributed by atoms with Gasteiger partial charge in [-0.25, -0.2) is 12.7 Å². The largest absolute Gasteiger partial charge is 0.478 e. The van der Waals surface area contributed by atoms with Crippen molar-refractivity contribution in [2.45, 2.75) is 6.54 Å². The minimum atomic E-state index is -3.18. The normalized spacial score (nSPS) is 11.3. The molecule has 110 valence electrons. The summed E-state index contributed by atoms with van der Waals surface area (Å²) < 4.78 is 29.7. The SMILES string of the molecule is CN(C)S(=O)(=O)CCNCc1ccccc1OCC#N. The van der Waals surface area contributed by atoms with Crippen LogP contribution in [0.2, 0.25) is 0 Å². The maximum atomic E-state index is 11.6. The molecule has 0 aliphatic carbocycles. The summed E-state index contributed by atoms with van der Waals surface area (Å²) in [5.41, 5.74) is 0.894. The third-order valence-corrected chi connectivity index (χ3v) is 4.51. The molecule has 1 rings (SSSR count). The molecular weight excluding hydrogens is 278 g/mol. The number of hydrogen-bond acceptors (Lipinski definition) is 5. The lowest BCUT2D eigenvalue weighted by atomic mass is 10.2. The van der Waals surface area contributed by atoms with Gasteiger partial charge in [0.05, 0.1) is 5.75 Å². The van der Waals surface area contributed by atoms with Crippen LogP contribution in [-0.4, -0.2) is 45.7 Å². The highest BCUT2D eigenvalue weighted by Crippen LogP contribution is 2.17. The third-order valence-electron chi connectivity index (χ3n) is 2.67. The van der Waals surface area contributed by atoms with Crippen LogP contribution < -0.4 is 10.1 Å². The van der Waals surface area contributed by atoms with E-state index in [1.165, 1.54) is 18.4 Å². The molecule has 0 saturated heterocycles. The fraction of sp³-hybridized carbons (Fsp3) is 0.462. The first-order valence-corrected chi connectivity index (χ1v) is 7.77. The Balaban J connectivity index is 2.49. The molecule has 0 spiro atoms. The molecule has 0 aliphatic rings. The second-order valence-corrected chi connectivity index (χ2v) is 6.63. The van der Waals surface area contributed by atoms with Gasteiger partial charge < -0.3 is 10.1 Å². The highest BCUT2D eigenvalue weighted by Gasteiger charge is 2.12. The van der Waals surface area contributed by atoms with E-state index in [9.17, 15) is 8.42 Å². The number of sulfonamides is 1. The Hall–Kier alpha value is -1.62. The van der Waals surface area contributed by atoms with E-state index >= 15 is 0 Å². The Labute approximate surface area is 120 Å². The van der Waals surface area contributed by atoms with Gasteiger partial charge in [0.25, 0.3) is 0 Å². The number of ether oxygens (including phenoxy) is 1. The fourth-order valence-electron chi connectivity index (χ4n) is 1.51. The van der Waals surface area contributed by atoms with Crippen molar-refractivity contribution < 1.29 is 13.2 Å². The van der Waals surface area contributed by atoms with Gasteiger partial charge in [0.2, 0.25) is 10.0 Å². The second kappa shape index (κ2) is 7.85. The van der Waals surface area contributed by atoms with E-state index in [0.717, 1.165) is 5.56 Å². The molecule has 0 unspecified atom stereocenters. The summed E-state index contributed by atoms with van der Waals surface area (Å²) in [6, 6.07) is 9.27. The van der Waals surface area contributed by atoms with Gasteiger partial charge in [0.1, 0.15) is 11.8 Å². The van der Waals surface area contributed by atoms with Crippen molar-refractivity contribution in [1.82, 2.24) is 9.62 Å². The predicted octanol–water partition coefficient (Wildman–Crippen LogP) is 0.570. The van der Waals surface area contributed by atoms with Crippen LogP contribution in [0.15, 0.2) is 24.3 Å². The van der Waals surface area contributed by atoms with Crippen molar-refractivity contribution in [2.24, 2.45) is 0 Å². The van der Waals surface area contributed by atoms with Gasteiger partial charge in [0, 0.05) is 32.7 Å². The van der Waals surface area contributed by atoms with Crippen LogP contribution >= 0.6 is 0 Å². The lowest BCUT2D eigenvalue weighted by Crippen LogP contribution is -2.31. The van der Waals surface area contributed by atoms with Crippen molar-refractivity contribution in [1.29, 1.82) is 5.26 Å². The molecule has 0 amide bonds. The lowest BCUT2D eigenvalue weighted by Gasteiger charge is -2.13. The molecule has 0 atom stereocenters. The average Bonchev–Trinajstić information content (AvgIpc) is 2.42. The Morgan fingerprint density at radius 3 is 2.70 bits per heavy atom. The minimum Gasteiger partial charge on any atom is -0.478 e. The number of nitriles is 1. The fourth-order valence-corrected chi connectivity index (χ4v) is 2.27. The highest BCUT2D eigenvalue weighted by molar-refractivity contribution is 7.89. The highest BCUT2D eigenvalue weighted by atomic mass is 32.2. The van der Waals surface area contributed by atoms with E-state index in [-0.39, 0.29) is 12.4 Å². The summed E-state index contributed by atoms with van der Waals surface area (Å²) in [6.45, 7) is 0.837. The standard InChI is InChI=1S/C13H19N3O3S/c1-16(2)20(17,18)10-8-15-11-12-5-3-4-6-13(12)19-9-7-14/h3-6,15H,8-11H2,1-2H3. The zero-order chi connectivity index (χ0) is 15.0. The smallest absolute Gasteiger partial charge is 0.214 e. The number of rotatable bonds is 8. The van der Waals surface area contributed by atoms with E-state index < -0.39 is 10.0 Å². The van der Waals surface area contributed by atoms with Gasteiger partial charge in [-0.2, -0.15) is 5.26 Å². The second-order valence-electron chi connectivity index (χ2n) is 4.33. The van der Waals surface area contributed by atoms with Crippen molar-refractivity contribution in [3.63, 3.8) is 0 Å². The molecule has 6 nitrogen and oxygen atoms in total. The predicted molar refractivity (Wildman–Crippen MR) is 76.7 cm³/mol. The molecule has 20 heavy (non-hydrogen) atoms. The zero-order valence-electron chi connectivity index (χ0n) is 11.7. The molecule has 1 aromatic carbocycles. The van der Waals surface area contributed by atoms with Crippen molar-refractivity contribution >= 4 is 10.0 Å². The van der Waals surface area contributed by atoms with Gasteiger partial charge in [-0.05, 0) is 6.07 Å². The monoisotopic (exact) mass is 297 g/mol. The summed E-state index contributed by atoms with van der Waals surface area (Å²) in [4.78, 5) is 0. The maximum absolute atomic E-state index is 11.6. The lowest BCUT2D eigenvalue weighted by molar-refractivity contribution is 0.363. The van der Waals surface area contributed by atoms with Crippen LogP contribution in [0.1, 0.15) is 5.56 Å². The summed E-state index contributed by atoms with van der Waals surface area (Å²) in [6.07, 6.45) is 0. The Bertz CT molecular complexity index is 564. The topological polar surface area (TPSA) is 82.4 Å². The van der Waals surface area contributed by atoms with Gasteiger partial charge in [-0.15, -0.1) is 0 Å². The number of para-hydroxylation sites is 1. The molecule has 0 aliphatic heterocycles. The van der Waals surface area contributed by atoms with Crippen LogP contribution in [0.3, 0.4) is 0 Å². The molecule has 0 fully saturated rings. The van der Waals surface area contributed by atoms with Gasteiger partial charge in [-0.1, -0.05) is 18.2 Å². The number of nitrogens with one attached hydrogen (secondary N) is 1. The minimum absolute atomic E-state index is 0.00791. The maximum Gasteiger partial charge on any atom is 0.214 e. The number of hydrogen-bond donors (Lipinski definition) is 1. The molecule has 0 radical (unpaired) electrons. The van der Waals surface area contributed by atoms with Crippen LogP contribution in [0.25, 0.3) is 0 Å². The van der Waals surface area contributed by atoms with Crippen molar-refractivity contribution in [2.75, 3.05) is 33.0 Å². The van der Waals surface area contributed by atoms with Crippen LogP contribution in [-0.2, 0) is 16.6 Å². The van der Waals surface area contributed by atoms with E-state index in [0.29, 0.717) is 18.8 Å². The molecule has 0 aromatic heterocycles. The average molecular weight is 297 g/mol. The molecule has 1 aromatic rings. The number of benzene rings is 1.